The number of hydrogen-bond acceptors (Lipinski definition) is 4. The van der Waals surface area contributed by atoms with Gasteiger partial charge in [-0.2, -0.15) is 0 Å². The van der Waals surface area contributed by atoms with E-state index in [-0.39, 0.29) is 17.9 Å². The van der Waals surface area contributed by atoms with Gasteiger partial charge in [0, 0.05) is 39.5 Å². The van der Waals surface area contributed by atoms with E-state index in [0.29, 0.717) is 24.2 Å². The van der Waals surface area contributed by atoms with Crippen molar-refractivity contribution in [2.45, 2.75) is 71.0 Å². The Morgan fingerprint density at radius 2 is 2.07 bits per heavy atom. The Labute approximate surface area is 183 Å². The van der Waals surface area contributed by atoms with Crippen molar-refractivity contribution in [3.8, 4) is 0 Å². The first-order chi connectivity index (χ1) is 14.2. The highest BCUT2D eigenvalue weighted by molar-refractivity contribution is 5.75. The Morgan fingerprint density at radius 1 is 1.33 bits per heavy atom. The molecule has 0 aromatic heterocycles. The van der Waals surface area contributed by atoms with E-state index >= 15 is 0 Å². The molecule has 2 N–H and O–H groups in total. The maximum atomic E-state index is 11.8. The fourth-order valence-corrected chi connectivity index (χ4v) is 5.08. The van der Waals surface area contributed by atoms with Crippen LogP contribution >= 0.6 is 0 Å². The molecule has 5 nitrogen and oxygen atoms in total. The fourth-order valence-electron chi connectivity index (χ4n) is 5.08. The number of amides is 1. The third-order valence-electron chi connectivity index (χ3n) is 6.88. The average molecular weight is 421 g/mol. The first-order valence-corrected chi connectivity index (χ1v) is 11.8. The second-order valence-electron chi connectivity index (χ2n) is 9.95. The summed E-state index contributed by atoms with van der Waals surface area (Å²) < 4.78 is 0. The lowest BCUT2D eigenvalue weighted by Crippen LogP contribution is -2.29. The van der Waals surface area contributed by atoms with Crippen LogP contribution in [0.2, 0.25) is 0 Å². The molecule has 1 saturated carbocycles. The number of hydrogen-bond donors (Lipinski definition) is 2. The van der Waals surface area contributed by atoms with Crippen molar-refractivity contribution in [1.29, 1.82) is 0 Å². The molecule has 0 bridgehead atoms. The fraction of sp³-hybridized carbons (Fsp3) is 0.800. The van der Waals surface area contributed by atoms with Crippen molar-refractivity contribution in [1.82, 2.24) is 9.80 Å². The lowest BCUT2D eigenvalue weighted by molar-refractivity contribution is -0.128. The van der Waals surface area contributed by atoms with Crippen LogP contribution in [0.25, 0.3) is 0 Å². The summed E-state index contributed by atoms with van der Waals surface area (Å²) in [6.07, 6.45) is 12.4. The summed E-state index contributed by atoms with van der Waals surface area (Å²) in [7, 11) is 5.66. The first-order valence-electron chi connectivity index (χ1n) is 11.8. The van der Waals surface area contributed by atoms with Gasteiger partial charge in [-0.1, -0.05) is 56.9 Å². The average Bonchev–Trinajstić information content (AvgIpc) is 3.18. The molecular weight excluding hydrogens is 376 g/mol. The largest absolute Gasteiger partial charge is 0.392 e. The molecule has 172 valence electrons. The summed E-state index contributed by atoms with van der Waals surface area (Å²) in [6, 6.07) is 0. The Kier molecular flexibility index (Phi) is 10.1. The van der Waals surface area contributed by atoms with Crippen LogP contribution in [-0.2, 0) is 4.79 Å². The molecule has 0 aromatic rings. The highest BCUT2D eigenvalue weighted by atomic mass is 16.3. The number of unbranched alkanes of at least 4 members (excludes halogenated alkanes) is 1. The number of aliphatic hydroxyl groups is 2. The summed E-state index contributed by atoms with van der Waals surface area (Å²) in [6.45, 7) is 6.06. The molecule has 0 heterocycles. The minimum absolute atomic E-state index is 0.130. The third kappa shape index (κ3) is 7.51. The van der Waals surface area contributed by atoms with Gasteiger partial charge < -0.3 is 20.0 Å². The molecule has 0 radical (unpaired) electrons. The van der Waals surface area contributed by atoms with Gasteiger partial charge in [-0.25, -0.2) is 0 Å². The Bertz CT molecular complexity index is 601. The van der Waals surface area contributed by atoms with Crippen molar-refractivity contribution >= 4 is 5.91 Å². The zero-order valence-corrected chi connectivity index (χ0v) is 19.8. The van der Waals surface area contributed by atoms with E-state index in [2.05, 4.69) is 37.9 Å². The second kappa shape index (κ2) is 12.0. The number of likely N-dealkylation sites (N-methyl/N-ethyl adjacent to an activating group) is 1. The van der Waals surface area contributed by atoms with Crippen LogP contribution < -0.4 is 0 Å². The van der Waals surface area contributed by atoms with Crippen molar-refractivity contribution in [3.63, 3.8) is 0 Å². The SMILES string of the molecule is CCCC[C@H](C)C[C@H](O)/C=C/[C@@H]1[C@H]2CC(CN(C)CCC(=O)N(C)C)=C[C@H]2C[C@H]1O. The molecule has 0 aliphatic heterocycles. The number of carbonyl (C=O) groups excluding carboxylic acids is 1. The molecule has 6 atom stereocenters. The molecular formula is C25H44N2O3. The van der Waals surface area contributed by atoms with Crippen LogP contribution in [0.3, 0.4) is 0 Å². The van der Waals surface area contributed by atoms with E-state index in [4.69, 9.17) is 0 Å². The summed E-state index contributed by atoms with van der Waals surface area (Å²) in [4.78, 5) is 15.7. The van der Waals surface area contributed by atoms with Gasteiger partial charge in [-0.3, -0.25) is 4.79 Å². The molecule has 2 rings (SSSR count). The van der Waals surface area contributed by atoms with E-state index in [1.807, 2.05) is 6.08 Å². The van der Waals surface area contributed by atoms with Crippen molar-refractivity contribution < 1.29 is 15.0 Å². The van der Waals surface area contributed by atoms with Gasteiger partial charge in [0.1, 0.15) is 0 Å². The number of aliphatic hydroxyl groups excluding tert-OH is 2. The molecule has 0 spiro atoms. The van der Waals surface area contributed by atoms with Gasteiger partial charge >= 0.3 is 0 Å². The maximum absolute atomic E-state index is 11.8. The smallest absolute Gasteiger partial charge is 0.223 e. The first kappa shape index (κ1) is 25.1. The Morgan fingerprint density at radius 3 is 2.73 bits per heavy atom. The van der Waals surface area contributed by atoms with Crippen molar-refractivity contribution in [3.05, 3.63) is 23.8 Å². The van der Waals surface area contributed by atoms with Crippen LogP contribution in [0.1, 0.15) is 58.8 Å². The summed E-state index contributed by atoms with van der Waals surface area (Å²) in [5.41, 5.74) is 1.42. The highest BCUT2D eigenvalue weighted by Gasteiger charge is 2.43. The summed E-state index contributed by atoms with van der Waals surface area (Å²) in [5, 5.41) is 21.0. The lowest BCUT2D eigenvalue weighted by Gasteiger charge is -2.21. The topological polar surface area (TPSA) is 64.0 Å². The molecule has 0 saturated heterocycles. The number of nitrogens with zero attached hydrogens (tertiary/aromatic N) is 2. The van der Waals surface area contributed by atoms with Crippen LogP contribution in [0.5, 0.6) is 0 Å². The molecule has 0 unspecified atom stereocenters. The predicted octanol–water partition coefficient (Wildman–Crippen LogP) is 3.47. The van der Waals surface area contributed by atoms with Gasteiger partial charge in [0.15, 0.2) is 0 Å². The zero-order chi connectivity index (χ0) is 22.3. The molecule has 2 aliphatic rings. The minimum atomic E-state index is -0.419. The second-order valence-corrected chi connectivity index (χ2v) is 9.95. The minimum Gasteiger partial charge on any atom is -0.392 e. The van der Waals surface area contributed by atoms with Crippen molar-refractivity contribution in [2.75, 3.05) is 34.2 Å². The molecule has 30 heavy (non-hydrogen) atoms. The van der Waals surface area contributed by atoms with Gasteiger partial charge in [0.05, 0.1) is 12.2 Å². The van der Waals surface area contributed by atoms with Crippen LogP contribution in [0.15, 0.2) is 23.8 Å². The van der Waals surface area contributed by atoms with E-state index < -0.39 is 6.10 Å². The number of rotatable bonds is 12. The predicted molar refractivity (Wildman–Crippen MR) is 123 cm³/mol. The third-order valence-corrected chi connectivity index (χ3v) is 6.88. The van der Waals surface area contributed by atoms with Gasteiger partial charge in [0.2, 0.25) is 5.91 Å². The molecule has 2 aliphatic carbocycles. The van der Waals surface area contributed by atoms with Gasteiger partial charge in [0.25, 0.3) is 0 Å². The molecule has 5 heteroatoms. The van der Waals surface area contributed by atoms with E-state index in [1.54, 1.807) is 19.0 Å². The number of fused-ring (bicyclic) bond motifs is 1. The molecule has 0 aromatic carbocycles. The maximum Gasteiger partial charge on any atom is 0.223 e. The summed E-state index contributed by atoms with van der Waals surface area (Å²) in [5.74, 6) is 1.69. The highest BCUT2D eigenvalue weighted by Crippen LogP contribution is 2.47. The Hall–Kier alpha value is -1.17. The normalized spacial score (nSPS) is 28.1. The lowest BCUT2D eigenvalue weighted by atomic mass is 9.88. The Balaban J connectivity index is 1.82. The van der Waals surface area contributed by atoms with Gasteiger partial charge in [-0.05, 0) is 44.1 Å². The monoisotopic (exact) mass is 420 g/mol. The number of carbonyl (C=O) groups is 1. The zero-order valence-electron chi connectivity index (χ0n) is 19.8. The van der Waals surface area contributed by atoms with E-state index in [1.165, 1.54) is 24.8 Å². The molecule has 1 fully saturated rings. The van der Waals surface area contributed by atoms with Crippen LogP contribution in [0.4, 0.5) is 0 Å². The standard InChI is InChI=1S/C25H44N2O3/c1-6-7-8-18(2)13-21(28)9-10-22-23-15-19(14-20(23)16-24(22)29)17-27(5)12-11-25(30)26(3)4/h9-10,14,18,20-24,28-29H,6-8,11-13,15-17H2,1-5H3/b10-9+/t18-,20-,21+,22+,23-,24+/m0/s1. The molecule has 1 amide bonds. The van der Waals surface area contributed by atoms with Crippen LogP contribution in [-0.4, -0.2) is 72.4 Å². The van der Waals surface area contributed by atoms with E-state index in [0.717, 1.165) is 32.4 Å². The van der Waals surface area contributed by atoms with Crippen LogP contribution in [0, 0.1) is 23.7 Å². The quantitative estimate of drug-likeness (QED) is 0.475. The van der Waals surface area contributed by atoms with E-state index in [9.17, 15) is 15.0 Å². The van der Waals surface area contributed by atoms with Crippen molar-refractivity contribution in [2.24, 2.45) is 23.7 Å². The summed E-state index contributed by atoms with van der Waals surface area (Å²) >= 11 is 0. The number of allylic oxidation sites excluding steroid dienone is 1. The van der Waals surface area contributed by atoms with Gasteiger partial charge in [-0.15, -0.1) is 0 Å².